The molecule has 0 unspecified atom stereocenters. The molecule has 0 spiro atoms. The molecular weight excluding hydrogens is 188 g/mol. The summed E-state index contributed by atoms with van der Waals surface area (Å²) in [4.78, 5) is 11.0. The predicted molar refractivity (Wildman–Crippen MR) is 58.9 cm³/mol. The van der Waals surface area contributed by atoms with Crippen molar-refractivity contribution in [1.29, 1.82) is 0 Å². The van der Waals surface area contributed by atoms with Crippen LogP contribution < -0.4 is 0 Å². The summed E-state index contributed by atoms with van der Waals surface area (Å²) in [5.74, 6) is 0. The molecule has 0 radical (unpaired) electrons. The van der Waals surface area contributed by atoms with Crippen LogP contribution in [-0.2, 0) is 11.3 Å². The summed E-state index contributed by atoms with van der Waals surface area (Å²) in [5.41, 5.74) is 1.18. The monoisotopic (exact) mass is 204 g/mol. The van der Waals surface area contributed by atoms with E-state index in [2.05, 4.69) is 5.01 Å². The second kappa shape index (κ2) is 4.94. The van der Waals surface area contributed by atoms with Crippen molar-refractivity contribution in [2.75, 3.05) is 13.1 Å². The van der Waals surface area contributed by atoms with Crippen molar-refractivity contribution in [2.24, 2.45) is 0 Å². The molecule has 1 heterocycles. The fourth-order valence-electron chi connectivity index (χ4n) is 1.93. The van der Waals surface area contributed by atoms with Gasteiger partial charge in [-0.2, -0.15) is 0 Å². The lowest BCUT2D eigenvalue weighted by molar-refractivity contribution is -0.134. The summed E-state index contributed by atoms with van der Waals surface area (Å²) in [6.45, 7) is 2.70. The number of benzene rings is 1. The van der Waals surface area contributed by atoms with Gasteiger partial charge in [-0.15, -0.1) is 0 Å². The molecule has 1 fully saturated rings. The SMILES string of the molecule is O=CN(Cc1ccccc1)N1CCCC1. The zero-order chi connectivity index (χ0) is 10.5. The predicted octanol–water partition coefficient (Wildman–Crippen LogP) is 1.66. The maximum atomic E-state index is 11.0. The molecule has 80 valence electrons. The number of hydrogen-bond acceptors (Lipinski definition) is 2. The minimum Gasteiger partial charge on any atom is -0.277 e. The van der Waals surface area contributed by atoms with Crippen LogP contribution in [0, 0.1) is 0 Å². The Labute approximate surface area is 90.3 Å². The van der Waals surface area contributed by atoms with E-state index in [4.69, 9.17) is 0 Å². The summed E-state index contributed by atoms with van der Waals surface area (Å²) in [5, 5.41) is 3.91. The van der Waals surface area contributed by atoms with Gasteiger partial charge in [-0.25, -0.2) is 5.01 Å². The Balaban J connectivity index is 1.99. The molecule has 1 saturated heterocycles. The summed E-state index contributed by atoms with van der Waals surface area (Å²) < 4.78 is 0. The zero-order valence-corrected chi connectivity index (χ0v) is 8.80. The third-order valence-electron chi connectivity index (χ3n) is 2.75. The summed E-state index contributed by atoms with van der Waals surface area (Å²) in [6.07, 6.45) is 3.32. The number of carbonyl (C=O) groups excluding carboxylic acids is 1. The molecule has 3 nitrogen and oxygen atoms in total. The average molecular weight is 204 g/mol. The molecule has 0 aromatic heterocycles. The maximum Gasteiger partial charge on any atom is 0.224 e. The van der Waals surface area contributed by atoms with Crippen LogP contribution in [-0.4, -0.2) is 29.5 Å². The first-order valence-corrected chi connectivity index (χ1v) is 5.41. The van der Waals surface area contributed by atoms with Gasteiger partial charge in [-0.3, -0.25) is 9.80 Å². The van der Waals surface area contributed by atoms with Crippen molar-refractivity contribution in [2.45, 2.75) is 19.4 Å². The lowest BCUT2D eigenvalue weighted by Gasteiger charge is -2.27. The molecule has 1 aromatic carbocycles. The Kier molecular flexibility index (Phi) is 3.35. The van der Waals surface area contributed by atoms with Crippen LogP contribution in [0.4, 0.5) is 0 Å². The number of amides is 1. The molecule has 0 saturated carbocycles. The number of rotatable bonds is 4. The summed E-state index contributed by atoms with van der Waals surface area (Å²) in [7, 11) is 0. The van der Waals surface area contributed by atoms with Crippen LogP contribution in [0.15, 0.2) is 30.3 Å². The van der Waals surface area contributed by atoms with E-state index < -0.39 is 0 Å². The van der Waals surface area contributed by atoms with Crippen LogP contribution in [0.5, 0.6) is 0 Å². The fraction of sp³-hybridized carbons (Fsp3) is 0.417. The molecule has 15 heavy (non-hydrogen) atoms. The molecule has 1 amide bonds. The summed E-state index contributed by atoms with van der Waals surface area (Å²) >= 11 is 0. The van der Waals surface area contributed by atoms with Gasteiger partial charge in [0, 0.05) is 13.1 Å². The van der Waals surface area contributed by atoms with Crippen molar-refractivity contribution in [3.63, 3.8) is 0 Å². The zero-order valence-electron chi connectivity index (χ0n) is 8.80. The van der Waals surface area contributed by atoms with E-state index >= 15 is 0 Å². The standard InChI is InChI=1S/C12H16N2O/c15-11-14(13-8-4-5-9-13)10-12-6-2-1-3-7-12/h1-3,6-7,11H,4-5,8-10H2. The smallest absolute Gasteiger partial charge is 0.224 e. The van der Waals surface area contributed by atoms with Crippen LogP contribution >= 0.6 is 0 Å². The van der Waals surface area contributed by atoms with E-state index in [-0.39, 0.29) is 0 Å². The van der Waals surface area contributed by atoms with Crippen molar-refractivity contribution in [3.05, 3.63) is 35.9 Å². The van der Waals surface area contributed by atoms with Gasteiger partial charge in [-0.05, 0) is 18.4 Å². The van der Waals surface area contributed by atoms with Crippen LogP contribution in [0.3, 0.4) is 0 Å². The van der Waals surface area contributed by atoms with Crippen molar-refractivity contribution in [1.82, 2.24) is 10.0 Å². The highest BCUT2D eigenvalue weighted by molar-refractivity contribution is 5.46. The molecule has 0 atom stereocenters. The Morgan fingerprint density at radius 3 is 2.47 bits per heavy atom. The third kappa shape index (κ3) is 2.57. The maximum absolute atomic E-state index is 11.0. The van der Waals surface area contributed by atoms with Gasteiger partial charge in [0.1, 0.15) is 0 Å². The molecule has 3 heteroatoms. The van der Waals surface area contributed by atoms with Gasteiger partial charge >= 0.3 is 0 Å². The Hall–Kier alpha value is -1.35. The molecule has 0 aliphatic carbocycles. The second-order valence-electron chi connectivity index (χ2n) is 3.85. The molecule has 0 bridgehead atoms. The first-order chi connectivity index (χ1) is 7.40. The van der Waals surface area contributed by atoms with E-state index in [0.29, 0.717) is 6.54 Å². The van der Waals surface area contributed by atoms with Crippen molar-refractivity contribution >= 4 is 6.41 Å². The summed E-state index contributed by atoms with van der Waals surface area (Å²) in [6, 6.07) is 10.1. The minimum absolute atomic E-state index is 0.685. The first kappa shape index (κ1) is 10.2. The Bertz CT molecular complexity index is 307. The Morgan fingerprint density at radius 2 is 1.87 bits per heavy atom. The highest BCUT2D eigenvalue weighted by atomic mass is 16.1. The van der Waals surface area contributed by atoms with E-state index in [9.17, 15) is 4.79 Å². The van der Waals surface area contributed by atoms with Crippen LogP contribution in [0.25, 0.3) is 0 Å². The van der Waals surface area contributed by atoms with Crippen molar-refractivity contribution in [3.8, 4) is 0 Å². The molecule has 2 rings (SSSR count). The number of carbonyl (C=O) groups is 1. The number of hydrogen-bond donors (Lipinski definition) is 0. The van der Waals surface area contributed by atoms with E-state index in [1.807, 2.05) is 30.3 Å². The molecular formula is C12H16N2O. The van der Waals surface area contributed by atoms with Gasteiger partial charge in [0.2, 0.25) is 6.41 Å². The van der Waals surface area contributed by atoms with E-state index in [0.717, 1.165) is 19.5 Å². The molecule has 1 aliphatic rings. The van der Waals surface area contributed by atoms with Gasteiger partial charge in [0.15, 0.2) is 0 Å². The number of hydrazine groups is 1. The van der Waals surface area contributed by atoms with Gasteiger partial charge in [-0.1, -0.05) is 30.3 Å². The highest BCUT2D eigenvalue weighted by Crippen LogP contribution is 2.12. The van der Waals surface area contributed by atoms with Gasteiger partial charge in [0.25, 0.3) is 0 Å². The molecule has 1 aliphatic heterocycles. The Morgan fingerprint density at radius 1 is 1.20 bits per heavy atom. The van der Waals surface area contributed by atoms with Crippen molar-refractivity contribution < 1.29 is 4.79 Å². The molecule has 0 N–H and O–H groups in total. The lowest BCUT2D eigenvalue weighted by Crippen LogP contribution is -2.39. The van der Waals surface area contributed by atoms with Gasteiger partial charge in [0.05, 0.1) is 6.54 Å². The largest absolute Gasteiger partial charge is 0.277 e. The average Bonchev–Trinajstić information content (AvgIpc) is 2.81. The van der Waals surface area contributed by atoms with Gasteiger partial charge < -0.3 is 0 Å². The van der Waals surface area contributed by atoms with Crippen LogP contribution in [0.1, 0.15) is 18.4 Å². The van der Waals surface area contributed by atoms with E-state index in [1.165, 1.54) is 18.4 Å². The normalized spacial score (nSPS) is 16.5. The number of nitrogens with zero attached hydrogens (tertiary/aromatic N) is 2. The first-order valence-electron chi connectivity index (χ1n) is 5.41. The third-order valence-corrected chi connectivity index (χ3v) is 2.75. The second-order valence-corrected chi connectivity index (χ2v) is 3.85. The topological polar surface area (TPSA) is 23.6 Å². The fourth-order valence-corrected chi connectivity index (χ4v) is 1.93. The minimum atomic E-state index is 0.685. The van der Waals surface area contributed by atoms with Crippen LogP contribution in [0.2, 0.25) is 0 Å². The molecule has 1 aromatic rings. The quantitative estimate of drug-likeness (QED) is 0.696. The highest BCUT2D eigenvalue weighted by Gasteiger charge is 2.17. The van der Waals surface area contributed by atoms with E-state index in [1.54, 1.807) is 5.01 Å². The lowest BCUT2D eigenvalue weighted by atomic mass is 10.2.